The summed E-state index contributed by atoms with van der Waals surface area (Å²) in [6, 6.07) is 6.37. The number of carbonyl (C=O) groups is 2. The van der Waals surface area contributed by atoms with Gasteiger partial charge in [-0.25, -0.2) is 0 Å². The van der Waals surface area contributed by atoms with Crippen molar-refractivity contribution < 1.29 is 19.6 Å². The molecule has 27 heavy (non-hydrogen) atoms. The Hall–Kier alpha value is -3.49. The Balaban J connectivity index is 2.40. The minimum absolute atomic E-state index is 0.166. The van der Waals surface area contributed by atoms with Gasteiger partial charge in [0.15, 0.2) is 0 Å². The fourth-order valence-corrected chi connectivity index (χ4v) is 2.52. The number of carboxylic acid groups (broad SMARTS) is 1. The Bertz CT molecular complexity index is 938. The van der Waals surface area contributed by atoms with E-state index in [0.717, 1.165) is 6.08 Å². The molecule has 0 aliphatic heterocycles. The molecule has 142 valence electrons. The van der Waals surface area contributed by atoms with E-state index in [1.54, 1.807) is 39.0 Å². The van der Waals surface area contributed by atoms with Crippen LogP contribution >= 0.6 is 0 Å². The Morgan fingerprint density at radius 3 is 2.52 bits per heavy atom. The van der Waals surface area contributed by atoms with Gasteiger partial charge in [-0.3, -0.25) is 19.6 Å². The van der Waals surface area contributed by atoms with Crippen molar-refractivity contribution in [3.05, 3.63) is 57.4 Å². The number of benzene rings is 1. The van der Waals surface area contributed by atoms with Gasteiger partial charge < -0.3 is 15.2 Å². The van der Waals surface area contributed by atoms with Crippen molar-refractivity contribution >= 4 is 29.3 Å². The smallest absolute Gasteiger partial charge is 0.323 e. The number of aryl methyl sites for hydroxylation is 1. The highest BCUT2D eigenvalue weighted by Crippen LogP contribution is 2.33. The zero-order valence-corrected chi connectivity index (χ0v) is 15.3. The molecule has 0 aliphatic carbocycles. The van der Waals surface area contributed by atoms with Crippen LogP contribution in [0.5, 0.6) is 0 Å². The molecule has 0 bridgehead atoms. The molecule has 0 atom stereocenters. The maximum Gasteiger partial charge on any atom is 0.323 e. The average Bonchev–Trinajstić information content (AvgIpc) is 2.91. The highest BCUT2D eigenvalue weighted by Gasteiger charge is 2.36. The molecule has 0 aliphatic rings. The highest BCUT2D eigenvalue weighted by molar-refractivity contribution is 6.06. The van der Waals surface area contributed by atoms with E-state index < -0.39 is 22.2 Å². The first-order valence-electron chi connectivity index (χ1n) is 8.03. The highest BCUT2D eigenvalue weighted by atomic mass is 16.6. The maximum absolute atomic E-state index is 12.7. The number of hydrogen-bond donors (Lipinski definition) is 1. The van der Waals surface area contributed by atoms with E-state index >= 15 is 0 Å². The molecule has 1 aromatic carbocycles. The molecule has 0 saturated heterocycles. The molecule has 0 saturated carbocycles. The van der Waals surface area contributed by atoms with E-state index in [4.69, 9.17) is 0 Å². The zero-order valence-electron chi connectivity index (χ0n) is 15.3. The molecule has 0 fully saturated rings. The second-order valence-corrected chi connectivity index (χ2v) is 6.91. The molecule has 9 nitrogen and oxygen atoms in total. The van der Waals surface area contributed by atoms with Crippen LogP contribution in [0.15, 0.2) is 30.3 Å². The monoisotopic (exact) mass is 371 g/mol. The number of carboxylic acids is 1. The number of nitrogens with one attached hydrogen (secondary N) is 1. The summed E-state index contributed by atoms with van der Waals surface area (Å²) in [6.07, 6.45) is 2.18. The number of hydrogen-bond acceptors (Lipinski definition) is 6. The Labute approximate surface area is 155 Å². The van der Waals surface area contributed by atoms with Crippen molar-refractivity contribution in [2.45, 2.75) is 26.2 Å². The lowest BCUT2D eigenvalue weighted by Crippen LogP contribution is -2.18. The number of amides is 1. The first kappa shape index (κ1) is 19.8. The predicted molar refractivity (Wildman–Crippen MR) is 97.0 cm³/mol. The standard InChI is InChI=1S/C18H20N4O5/c1-18(2,3)16-14(22(26)27)15(21(4)20-16)17(25)19-12-7-5-6-11(10-12)8-9-13(23)24/h5-10H,1-4H3,(H,19,25)(H,23,24)/p-1/b9-8+. The fraction of sp³-hybridized carbons (Fsp3) is 0.278. The number of aliphatic carboxylic acids is 1. The van der Waals surface area contributed by atoms with E-state index in [9.17, 15) is 24.8 Å². The molecule has 2 aromatic rings. The second kappa shape index (κ2) is 7.40. The first-order valence-corrected chi connectivity index (χ1v) is 8.03. The molecule has 1 aromatic heterocycles. The van der Waals surface area contributed by atoms with Gasteiger partial charge in [-0.2, -0.15) is 5.10 Å². The van der Waals surface area contributed by atoms with Gasteiger partial charge in [0, 0.05) is 18.2 Å². The van der Waals surface area contributed by atoms with E-state index in [0.29, 0.717) is 11.3 Å². The van der Waals surface area contributed by atoms with Gasteiger partial charge in [0.05, 0.1) is 10.9 Å². The lowest BCUT2D eigenvalue weighted by atomic mass is 9.91. The van der Waals surface area contributed by atoms with Crippen LogP contribution in [0.3, 0.4) is 0 Å². The summed E-state index contributed by atoms with van der Waals surface area (Å²) in [5, 5.41) is 28.8. The SMILES string of the molecule is Cn1nc(C(C)(C)C)c([N+](=O)[O-])c1C(=O)Nc1cccc(/C=C/C(=O)[O-])c1. The van der Waals surface area contributed by atoms with Crippen molar-refractivity contribution in [1.29, 1.82) is 0 Å². The molecule has 1 heterocycles. The number of anilines is 1. The molecular weight excluding hydrogens is 352 g/mol. The van der Waals surface area contributed by atoms with Crippen LogP contribution in [0.1, 0.15) is 42.5 Å². The molecule has 0 unspecified atom stereocenters. The van der Waals surface area contributed by atoms with Gasteiger partial charge in [-0.05, 0) is 23.8 Å². The molecular formula is C18H19N4O5-. The maximum atomic E-state index is 12.7. The van der Waals surface area contributed by atoms with Gasteiger partial charge in [0.25, 0.3) is 5.91 Å². The van der Waals surface area contributed by atoms with Crippen LogP contribution in [-0.2, 0) is 17.3 Å². The average molecular weight is 371 g/mol. The topological polar surface area (TPSA) is 130 Å². The van der Waals surface area contributed by atoms with Gasteiger partial charge in [-0.1, -0.05) is 39.0 Å². The van der Waals surface area contributed by atoms with Crippen LogP contribution in [-0.4, -0.2) is 26.6 Å². The predicted octanol–water partition coefficient (Wildman–Crippen LogP) is 1.64. The van der Waals surface area contributed by atoms with Crippen LogP contribution in [0.4, 0.5) is 11.4 Å². The number of aromatic nitrogens is 2. The van der Waals surface area contributed by atoms with Crippen molar-refractivity contribution in [3.63, 3.8) is 0 Å². The number of nitrogens with zero attached hydrogens (tertiary/aromatic N) is 3. The van der Waals surface area contributed by atoms with Crippen LogP contribution in [0, 0.1) is 10.1 Å². The van der Waals surface area contributed by atoms with E-state index in [1.165, 1.54) is 23.9 Å². The molecule has 0 radical (unpaired) electrons. The van der Waals surface area contributed by atoms with Gasteiger partial charge in [0.1, 0.15) is 5.69 Å². The Kier molecular flexibility index (Phi) is 5.44. The van der Waals surface area contributed by atoms with E-state index in [-0.39, 0.29) is 17.1 Å². The lowest BCUT2D eigenvalue weighted by molar-refractivity contribution is -0.386. The quantitative estimate of drug-likeness (QED) is 0.483. The third-order valence-corrected chi connectivity index (χ3v) is 3.69. The van der Waals surface area contributed by atoms with Crippen LogP contribution in [0.2, 0.25) is 0 Å². The summed E-state index contributed by atoms with van der Waals surface area (Å²) >= 11 is 0. The van der Waals surface area contributed by atoms with Gasteiger partial charge >= 0.3 is 5.69 Å². The van der Waals surface area contributed by atoms with Crippen LogP contribution < -0.4 is 10.4 Å². The Morgan fingerprint density at radius 1 is 1.30 bits per heavy atom. The summed E-state index contributed by atoms with van der Waals surface area (Å²) in [5.74, 6) is -2.03. The molecule has 1 N–H and O–H groups in total. The Morgan fingerprint density at radius 2 is 1.96 bits per heavy atom. The van der Waals surface area contributed by atoms with Crippen molar-refractivity contribution in [2.24, 2.45) is 7.05 Å². The van der Waals surface area contributed by atoms with E-state index in [1.807, 2.05) is 0 Å². The first-order chi connectivity index (χ1) is 12.5. The van der Waals surface area contributed by atoms with E-state index in [2.05, 4.69) is 10.4 Å². The molecule has 2 rings (SSSR count). The summed E-state index contributed by atoms with van der Waals surface area (Å²) in [4.78, 5) is 34.1. The van der Waals surface area contributed by atoms with Gasteiger partial charge in [-0.15, -0.1) is 0 Å². The minimum atomic E-state index is -1.34. The zero-order chi connectivity index (χ0) is 20.4. The van der Waals surface area contributed by atoms with Crippen molar-refractivity contribution in [1.82, 2.24) is 9.78 Å². The summed E-state index contributed by atoms with van der Waals surface area (Å²) in [7, 11) is 1.47. The summed E-state index contributed by atoms with van der Waals surface area (Å²) < 4.78 is 1.19. The molecule has 9 heteroatoms. The summed E-state index contributed by atoms with van der Waals surface area (Å²) in [5.41, 5.74) is -0.0315. The molecule has 0 spiro atoms. The lowest BCUT2D eigenvalue weighted by Gasteiger charge is -2.13. The third kappa shape index (κ3) is 4.57. The minimum Gasteiger partial charge on any atom is -0.545 e. The molecule has 1 amide bonds. The number of nitro groups is 1. The fourth-order valence-electron chi connectivity index (χ4n) is 2.52. The van der Waals surface area contributed by atoms with Crippen molar-refractivity contribution in [3.8, 4) is 0 Å². The second-order valence-electron chi connectivity index (χ2n) is 6.91. The van der Waals surface area contributed by atoms with Crippen molar-refractivity contribution in [2.75, 3.05) is 5.32 Å². The normalized spacial score (nSPS) is 11.6. The summed E-state index contributed by atoms with van der Waals surface area (Å²) in [6.45, 7) is 5.32. The largest absolute Gasteiger partial charge is 0.545 e. The third-order valence-electron chi connectivity index (χ3n) is 3.69. The van der Waals surface area contributed by atoms with Gasteiger partial charge in [0.2, 0.25) is 5.69 Å². The number of rotatable bonds is 5. The van der Waals surface area contributed by atoms with Crippen LogP contribution in [0.25, 0.3) is 6.08 Å². The number of carbonyl (C=O) groups excluding carboxylic acids is 2.